The Morgan fingerprint density at radius 2 is 2.11 bits per heavy atom. The highest BCUT2D eigenvalue weighted by molar-refractivity contribution is 9.09. The number of amides is 1. The molecule has 0 spiro atoms. The number of para-hydroxylation sites is 1. The molecule has 0 radical (unpaired) electrons. The number of hydrogen-bond acceptors (Lipinski definition) is 3. The van der Waals surface area contributed by atoms with Crippen LogP contribution in [0.3, 0.4) is 0 Å². The van der Waals surface area contributed by atoms with Gasteiger partial charge in [-0.1, -0.05) is 34.1 Å². The fourth-order valence-electron chi connectivity index (χ4n) is 1.50. The molecule has 0 bridgehead atoms. The fraction of sp³-hybridized carbons (Fsp3) is 0.500. The van der Waals surface area contributed by atoms with Gasteiger partial charge in [-0.25, -0.2) is 0 Å². The molecule has 1 aromatic carbocycles. The molecule has 0 saturated carbocycles. The molecule has 1 atom stereocenters. The van der Waals surface area contributed by atoms with Crippen LogP contribution in [-0.2, 0) is 9.53 Å². The standard InChI is InChI=1S/C14H20BrNO3/c1-18-11-12(15)7-9-16-14(17)8-10-19-13-5-3-2-4-6-13/h2-6,12H,7-11H2,1H3,(H,16,17). The predicted molar refractivity (Wildman–Crippen MR) is 78.8 cm³/mol. The number of halogens is 1. The van der Waals surface area contributed by atoms with Crippen molar-refractivity contribution in [3.05, 3.63) is 30.3 Å². The van der Waals surface area contributed by atoms with E-state index in [1.165, 1.54) is 0 Å². The molecule has 0 aliphatic rings. The van der Waals surface area contributed by atoms with Gasteiger partial charge in [0.05, 0.1) is 19.6 Å². The minimum Gasteiger partial charge on any atom is -0.493 e. The summed E-state index contributed by atoms with van der Waals surface area (Å²) in [7, 11) is 1.66. The second kappa shape index (κ2) is 9.81. The molecule has 5 heteroatoms. The highest BCUT2D eigenvalue weighted by Gasteiger charge is 2.05. The zero-order valence-electron chi connectivity index (χ0n) is 11.1. The molecule has 1 amide bonds. The van der Waals surface area contributed by atoms with Crippen LogP contribution in [0.1, 0.15) is 12.8 Å². The zero-order valence-corrected chi connectivity index (χ0v) is 12.7. The van der Waals surface area contributed by atoms with Gasteiger partial charge in [0.1, 0.15) is 5.75 Å². The van der Waals surface area contributed by atoms with E-state index < -0.39 is 0 Å². The number of nitrogens with one attached hydrogen (secondary N) is 1. The molecule has 106 valence electrons. The molecule has 0 aromatic heterocycles. The Kier molecular flexibility index (Phi) is 8.25. The Morgan fingerprint density at radius 1 is 1.37 bits per heavy atom. The Morgan fingerprint density at radius 3 is 2.79 bits per heavy atom. The molecule has 0 heterocycles. The fourth-order valence-corrected chi connectivity index (χ4v) is 1.99. The van der Waals surface area contributed by atoms with Crippen LogP contribution in [0.4, 0.5) is 0 Å². The van der Waals surface area contributed by atoms with E-state index in [0.29, 0.717) is 26.2 Å². The van der Waals surface area contributed by atoms with Crippen molar-refractivity contribution in [3.63, 3.8) is 0 Å². The smallest absolute Gasteiger partial charge is 0.223 e. The first-order valence-corrected chi connectivity index (χ1v) is 7.21. The summed E-state index contributed by atoms with van der Waals surface area (Å²) in [6.45, 7) is 1.68. The summed E-state index contributed by atoms with van der Waals surface area (Å²) in [5.74, 6) is 0.795. The number of carbonyl (C=O) groups is 1. The van der Waals surface area contributed by atoms with Gasteiger partial charge in [0.2, 0.25) is 5.91 Å². The number of alkyl halides is 1. The molecular weight excluding hydrogens is 310 g/mol. The van der Waals surface area contributed by atoms with Crippen LogP contribution in [0.25, 0.3) is 0 Å². The van der Waals surface area contributed by atoms with Crippen LogP contribution >= 0.6 is 15.9 Å². The summed E-state index contributed by atoms with van der Waals surface area (Å²) >= 11 is 3.47. The molecule has 0 saturated heterocycles. The maximum absolute atomic E-state index is 11.5. The van der Waals surface area contributed by atoms with Crippen molar-refractivity contribution in [2.75, 3.05) is 26.9 Å². The second-order valence-corrected chi connectivity index (χ2v) is 5.40. The van der Waals surface area contributed by atoms with Gasteiger partial charge in [0, 0.05) is 18.5 Å². The van der Waals surface area contributed by atoms with E-state index in [1.807, 2.05) is 30.3 Å². The van der Waals surface area contributed by atoms with Crippen molar-refractivity contribution in [1.29, 1.82) is 0 Å². The van der Waals surface area contributed by atoms with Crippen LogP contribution in [0.2, 0.25) is 0 Å². The number of hydrogen-bond donors (Lipinski definition) is 1. The number of ether oxygens (including phenoxy) is 2. The Bertz CT molecular complexity index is 359. The van der Waals surface area contributed by atoms with Gasteiger partial charge in [0.15, 0.2) is 0 Å². The van der Waals surface area contributed by atoms with Crippen molar-refractivity contribution >= 4 is 21.8 Å². The van der Waals surface area contributed by atoms with E-state index in [-0.39, 0.29) is 10.7 Å². The van der Waals surface area contributed by atoms with Gasteiger partial charge < -0.3 is 14.8 Å². The Hall–Kier alpha value is -1.07. The summed E-state index contributed by atoms with van der Waals surface area (Å²) < 4.78 is 10.4. The van der Waals surface area contributed by atoms with Gasteiger partial charge in [-0.15, -0.1) is 0 Å². The van der Waals surface area contributed by atoms with Gasteiger partial charge in [-0.3, -0.25) is 4.79 Å². The van der Waals surface area contributed by atoms with Crippen molar-refractivity contribution in [1.82, 2.24) is 5.32 Å². The molecular formula is C14H20BrNO3. The average molecular weight is 330 g/mol. The lowest BCUT2D eigenvalue weighted by molar-refractivity contribution is -0.121. The van der Waals surface area contributed by atoms with E-state index in [9.17, 15) is 4.79 Å². The lowest BCUT2D eigenvalue weighted by Gasteiger charge is -2.10. The first kappa shape index (κ1) is 16.0. The minimum absolute atomic E-state index is 0.00745. The first-order valence-electron chi connectivity index (χ1n) is 6.30. The molecule has 19 heavy (non-hydrogen) atoms. The lowest BCUT2D eigenvalue weighted by Crippen LogP contribution is -2.28. The zero-order chi connectivity index (χ0) is 13.9. The van der Waals surface area contributed by atoms with E-state index >= 15 is 0 Å². The summed E-state index contributed by atoms with van der Waals surface area (Å²) in [5.41, 5.74) is 0. The largest absolute Gasteiger partial charge is 0.493 e. The quantitative estimate of drug-likeness (QED) is 0.707. The number of rotatable bonds is 9. The van der Waals surface area contributed by atoms with Crippen molar-refractivity contribution in [2.24, 2.45) is 0 Å². The van der Waals surface area contributed by atoms with E-state index in [4.69, 9.17) is 9.47 Å². The summed E-state index contributed by atoms with van der Waals surface area (Å²) in [4.78, 5) is 11.8. The van der Waals surface area contributed by atoms with Gasteiger partial charge >= 0.3 is 0 Å². The highest BCUT2D eigenvalue weighted by atomic mass is 79.9. The molecule has 1 aromatic rings. The third kappa shape index (κ3) is 7.85. The summed E-state index contributed by atoms with van der Waals surface area (Å²) in [6, 6.07) is 9.48. The van der Waals surface area contributed by atoms with Crippen LogP contribution in [0.15, 0.2) is 30.3 Å². The van der Waals surface area contributed by atoms with E-state index in [0.717, 1.165) is 12.2 Å². The number of carbonyl (C=O) groups excluding carboxylic acids is 1. The van der Waals surface area contributed by atoms with Crippen molar-refractivity contribution in [2.45, 2.75) is 17.7 Å². The third-order valence-electron chi connectivity index (χ3n) is 2.47. The molecule has 0 fully saturated rings. The van der Waals surface area contributed by atoms with Crippen LogP contribution in [-0.4, -0.2) is 37.6 Å². The van der Waals surface area contributed by atoms with Crippen LogP contribution < -0.4 is 10.1 Å². The van der Waals surface area contributed by atoms with Gasteiger partial charge in [-0.2, -0.15) is 0 Å². The average Bonchev–Trinajstić information content (AvgIpc) is 2.40. The van der Waals surface area contributed by atoms with E-state index in [2.05, 4.69) is 21.2 Å². The summed E-state index contributed by atoms with van der Waals surface area (Å²) in [5, 5.41) is 2.85. The molecule has 4 nitrogen and oxygen atoms in total. The van der Waals surface area contributed by atoms with Gasteiger partial charge in [-0.05, 0) is 18.6 Å². The second-order valence-electron chi connectivity index (χ2n) is 4.10. The SMILES string of the molecule is COCC(Br)CCNC(=O)CCOc1ccccc1. The number of methoxy groups -OCH3 is 1. The molecule has 1 N–H and O–H groups in total. The normalized spacial score (nSPS) is 11.9. The molecule has 0 aliphatic carbocycles. The topological polar surface area (TPSA) is 47.6 Å². The van der Waals surface area contributed by atoms with Crippen molar-refractivity contribution < 1.29 is 14.3 Å². The molecule has 1 rings (SSSR count). The first-order chi connectivity index (χ1) is 9.22. The number of benzene rings is 1. The highest BCUT2D eigenvalue weighted by Crippen LogP contribution is 2.08. The molecule has 1 unspecified atom stereocenters. The van der Waals surface area contributed by atoms with Crippen LogP contribution in [0, 0.1) is 0 Å². The Balaban J connectivity index is 2.05. The lowest BCUT2D eigenvalue weighted by atomic mass is 10.3. The maximum atomic E-state index is 11.5. The van der Waals surface area contributed by atoms with Gasteiger partial charge in [0.25, 0.3) is 0 Å². The summed E-state index contributed by atoms with van der Waals surface area (Å²) in [6.07, 6.45) is 1.21. The predicted octanol–water partition coefficient (Wildman–Crippen LogP) is 2.37. The third-order valence-corrected chi connectivity index (χ3v) is 3.19. The monoisotopic (exact) mass is 329 g/mol. The minimum atomic E-state index is 0.00745. The van der Waals surface area contributed by atoms with E-state index in [1.54, 1.807) is 7.11 Å². The van der Waals surface area contributed by atoms with Crippen molar-refractivity contribution in [3.8, 4) is 5.75 Å². The molecule has 0 aliphatic heterocycles. The maximum Gasteiger partial charge on any atom is 0.223 e. The van der Waals surface area contributed by atoms with Crippen LogP contribution in [0.5, 0.6) is 5.75 Å². The Labute approximate surface area is 122 Å².